The normalized spacial score (nSPS) is 19.2. The van der Waals surface area contributed by atoms with Crippen molar-refractivity contribution in [1.29, 1.82) is 0 Å². The molecule has 0 unspecified atom stereocenters. The smallest absolute Gasteiger partial charge is 0.273 e. The minimum Gasteiger partial charge on any atom is -0.364 e. The van der Waals surface area contributed by atoms with Crippen LogP contribution in [0, 0.1) is 0 Å². The Hall–Kier alpha value is -3.20. The molecule has 9 heteroatoms. The Morgan fingerprint density at radius 2 is 2.00 bits per heavy atom. The van der Waals surface area contributed by atoms with Crippen molar-refractivity contribution in [2.45, 2.75) is 57.7 Å². The summed E-state index contributed by atoms with van der Waals surface area (Å²) in [5.41, 5.74) is 13.6. The molecule has 158 valence electrons. The van der Waals surface area contributed by atoms with Crippen LogP contribution in [0.15, 0.2) is 30.5 Å². The molecule has 6 N–H and O–H groups in total. The SMILES string of the molecule is CC(C)n1ccc2c(Nc3nc(N[C@@H]4CCCC[C@@H]4N)nnc3C(N)=O)cccc21. The molecule has 2 atom stereocenters. The van der Waals surface area contributed by atoms with Crippen molar-refractivity contribution >= 4 is 34.3 Å². The Kier molecular flexibility index (Phi) is 5.54. The number of fused-ring (bicyclic) bond motifs is 1. The van der Waals surface area contributed by atoms with E-state index in [4.69, 9.17) is 11.5 Å². The fraction of sp³-hybridized carbons (Fsp3) is 0.429. The van der Waals surface area contributed by atoms with Crippen LogP contribution in [-0.2, 0) is 0 Å². The molecule has 0 aliphatic heterocycles. The standard InChI is InChI=1S/C21H28N8O/c1-12(2)29-11-10-13-15(8-5-9-17(13)29)24-20-18(19(23)30)27-28-21(26-20)25-16-7-4-3-6-14(16)22/h5,8-12,14,16H,3-4,6-7,22H2,1-2H3,(H2,23,30)(H2,24,25,26,28)/t14-,16+/m0/s1. The first-order chi connectivity index (χ1) is 14.4. The quantitative estimate of drug-likeness (QED) is 0.492. The van der Waals surface area contributed by atoms with Crippen LogP contribution in [0.1, 0.15) is 56.1 Å². The molecule has 0 spiro atoms. The number of benzene rings is 1. The minimum atomic E-state index is -0.689. The number of nitrogens with zero attached hydrogens (tertiary/aromatic N) is 4. The minimum absolute atomic E-state index is 0.00575. The van der Waals surface area contributed by atoms with Gasteiger partial charge in [0.25, 0.3) is 5.91 Å². The van der Waals surface area contributed by atoms with Gasteiger partial charge in [-0.2, -0.15) is 4.98 Å². The summed E-state index contributed by atoms with van der Waals surface area (Å²) in [6, 6.07) is 8.44. The van der Waals surface area contributed by atoms with Crippen LogP contribution in [-0.4, -0.2) is 37.7 Å². The van der Waals surface area contributed by atoms with Crippen molar-refractivity contribution in [2.24, 2.45) is 11.5 Å². The van der Waals surface area contributed by atoms with Crippen LogP contribution < -0.4 is 22.1 Å². The second-order valence-corrected chi connectivity index (χ2v) is 8.08. The third kappa shape index (κ3) is 3.93. The number of nitrogens with one attached hydrogen (secondary N) is 2. The average Bonchev–Trinajstić information content (AvgIpc) is 3.15. The lowest BCUT2D eigenvalue weighted by Gasteiger charge is -2.29. The largest absolute Gasteiger partial charge is 0.364 e. The Bertz CT molecular complexity index is 1060. The second kappa shape index (κ2) is 8.27. The lowest BCUT2D eigenvalue weighted by atomic mass is 9.91. The number of carbonyl (C=O) groups excluding carboxylic acids is 1. The molecule has 0 bridgehead atoms. The van der Waals surface area contributed by atoms with Gasteiger partial charge in [-0.15, -0.1) is 10.2 Å². The number of rotatable bonds is 6. The molecule has 3 aromatic rings. The zero-order valence-corrected chi connectivity index (χ0v) is 17.3. The number of nitrogens with two attached hydrogens (primary N) is 2. The fourth-order valence-corrected chi connectivity index (χ4v) is 4.02. The van der Waals surface area contributed by atoms with Crippen molar-refractivity contribution in [3.63, 3.8) is 0 Å². The summed E-state index contributed by atoms with van der Waals surface area (Å²) in [6.07, 6.45) is 6.20. The van der Waals surface area contributed by atoms with Crippen molar-refractivity contribution < 1.29 is 4.79 Å². The number of amides is 1. The predicted octanol–water partition coefficient (Wildman–Crippen LogP) is 2.93. The summed E-state index contributed by atoms with van der Waals surface area (Å²) in [6.45, 7) is 4.26. The number of primary amides is 1. The van der Waals surface area contributed by atoms with E-state index in [1.165, 1.54) is 0 Å². The zero-order chi connectivity index (χ0) is 21.3. The molecular weight excluding hydrogens is 380 g/mol. The number of carbonyl (C=O) groups is 1. The first-order valence-corrected chi connectivity index (χ1v) is 10.4. The molecule has 9 nitrogen and oxygen atoms in total. The highest BCUT2D eigenvalue weighted by atomic mass is 16.1. The van der Waals surface area contributed by atoms with Crippen molar-refractivity contribution in [1.82, 2.24) is 19.7 Å². The molecule has 1 aliphatic rings. The number of hydrogen-bond acceptors (Lipinski definition) is 7. The maximum Gasteiger partial charge on any atom is 0.273 e. The van der Waals surface area contributed by atoms with E-state index in [9.17, 15) is 4.79 Å². The summed E-state index contributed by atoms with van der Waals surface area (Å²) in [4.78, 5) is 16.4. The van der Waals surface area contributed by atoms with Gasteiger partial charge in [0, 0.05) is 35.4 Å². The molecule has 30 heavy (non-hydrogen) atoms. The highest BCUT2D eigenvalue weighted by Crippen LogP contribution is 2.29. The van der Waals surface area contributed by atoms with Gasteiger partial charge in [-0.3, -0.25) is 4.79 Å². The Morgan fingerprint density at radius 1 is 1.20 bits per heavy atom. The lowest BCUT2D eigenvalue weighted by molar-refractivity contribution is 0.0995. The predicted molar refractivity (Wildman–Crippen MR) is 118 cm³/mol. The molecule has 0 radical (unpaired) electrons. The van der Waals surface area contributed by atoms with Crippen LogP contribution in [0.25, 0.3) is 10.9 Å². The van der Waals surface area contributed by atoms with Crippen molar-refractivity contribution in [3.8, 4) is 0 Å². The van der Waals surface area contributed by atoms with Gasteiger partial charge in [0.15, 0.2) is 11.5 Å². The Labute approximate surface area is 175 Å². The lowest BCUT2D eigenvalue weighted by Crippen LogP contribution is -2.43. The van der Waals surface area contributed by atoms with Gasteiger partial charge < -0.3 is 26.7 Å². The van der Waals surface area contributed by atoms with Gasteiger partial charge in [0.2, 0.25) is 5.95 Å². The van der Waals surface area contributed by atoms with E-state index >= 15 is 0 Å². The first kappa shape index (κ1) is 20.1. The third-order valence-corrected chi connectivity index (χ3v) is 5.63. The van der Waals surface area contributed by atoms with E-state index in [1.807, 2.05) is 24.4 Å². The Morgan fingerprint density at radius 3 is 2.73 bits per heavy atom. The highest BCUT2D eigenvalue weighted by molar-refractivity contribution is 5.99. The van der Waals surface area contributed by atoms with Crippen molar-refractivity contribution in [2.75, 3.05) is 10.6 Å². The molecule has 1 fully saturated rings. The Balaban J connectivity index is 1.67. The maximum absolute atomic E-state index is 11.9. The van der Waals surface area contributed by atoms with Gasteiger partial charge in [-0.05, 0) is 44.9 Å². The summed E-state index contributed by atoms with van der Waals surface area (Å²) in [5.74, 6) is -0.0868. The van der Waals surface area contributed by atoms with E-state index in [0.717, 1.165) is 42.3 Å². The molecule has 1 saturated carbocycles. The number of aromatic nitrogens is 4. The number of hydrogen-bond donors (Lipinski definition) is 4. The van der Waals surface area contributed by atoms with Crippen LogP contribution >= 0.6 is 0 Å². The van der Waals surface area contributed by atoms with Crippen LogP contribution in [0.4, 0.5) is 17.5 Å². The zero-order valence-electron chi connectivity index (χ0n) is 17.3. The van der Waals surface area contributed by atoms with E-state index in [0.29, 0.717) is 12.0 Å². The highest BCUT2D eigenvalue weighted by Gasteiger charge is 2.23. The first-order valence-electron chi connectivity index (χ1n) is 10.4. The molecule has 2 aromatic heterocycles. The topological polar surface area (TPSA) is 137 Å². The molecule has 1 amide bonds. The van der Waals surface area contributed by atoms with Crippen LogP contribution in [0.2, 0.25) is 0 Å². The monoisotopic (exact) mass is 408 g/mol. The molecule has 1 aromatic carbocycles. The van der Waals surface area contributed by atoms with E-state index in [1.54, 1.807) is 0 Å². The van der Waals surface area contributed by atoms with Gasteiger partial charge in [-0.25, -0.2) is 0 Å². The van der Waals surface area contributed by atoms with Crippen molar-refractivity contribution in [3.05, 3.63) is 36.2 Å². The van der Waals surface area contributed by atoms with Gasteiger partial charge >= 0.3 is 0 Å². The van der Waals surface area contributed by atoms with Gasteiger partial charge in [0.1, 0.15) is 0 Å². The third-order valence-electron chi connectivity index (χ3n) is 5.63. The van der Waals surface area contributed by atoms with E-state index in [2.05, 4.69) is 50.3 Å². The molecular formula is C21H28N8O. The molecule has 0 saturated heterocycles. The van der Waals surface area contributed by atoms with Gasteiger partial charge in [-0.1, -0.05) is 18.9 Å². The summed E-state index contributed by atoms with van der Waals surface area (Å²) < 4.78 is 2.19. The molecule has 4 rings (SSSR count). The molecule has 2 heterocycles. The average molecular weight is 409 g/mol. The van der Waals surface area contributed by atoms with Crippen LogP contribution in [0.5, 0.6) is 0 Å². The summed E-state index contributed by atoms with van der Waals surface area (Å²) >= 11 is 0. The van der Waals surface area contributed by atoms with Gasteiger partial charge in [0.05, 0.1) is 5.52 Å². The summed E-state index contributed by atoms with van der Waals surface area (Å²) in [5, 5.41) is 15.6. The fourth-order valence-electron chi connectivity index (χ4n) is 4.02. The maximum atomic E-state index is 11.9. The summed E-state index contributed by atoms with van der Waals surface area (Å²) in [7, 11) is 0. The second-order valence-electron chi connectivity index (χ2n) is 8.08. The van der Waals surface area contributed by atoms with E-state index < -0.39 is 5.91 Å². The number of anilines is 3. The van der Waals surface area contributed by atoms with Crippen LogP contribution in [0.3, 0.4) is 0 Å². The van der Waals surface area contributed by atoms with E-state index in [-0.39, 0.29) is 23.6 Å². The molecule has 1 aliphatic carbocycles.